The van der Waals surface area contributed by atoms with Crippen molar-refractivity contribution in [3.63, 3.8) is 0 Å². The fraction of sp³-hybridized carbons (Fsp3) is 0.250. The number of hydrogen-bond acceptors (Lipinski definition) is 1. The van der Waals surface area contributed by atoms with Crippen LogP contribution in [0.2, 0.25) is 0 Å². The number of hydrogen-bond donors (Lipinski definition) is 1. The molecule has 2 heteroatoms. The highest BCUT2D eigenvalue weighted by molar-refractivity contribution is 6.05. The van der Waals surface area contributed by atoms with Gasteiger partial charge in [-0.15, -0.1) is 0 Å². The lowest BCUT2D eigenvalue weighted by Crippen LogP contribution is -1.88. The molecule has 1 N–H and O–H groups in total. The van der Waals surface area contributed by atoms with Gasteiger partial charge in [0, 0.05) is 16.5 Å². The van der Waals surface area contributed by atoms with E-state index in [2.05, 4.69) is 63.0 Å². The molecule has 22 heavy (non-hydrogen) atoms. The van der Waals surface area contributed by atoms with Crippen LogP contribution in [-0.4, -0.2) is 11.3 Å². The number of carbonyl (C=O) groups excluding carboxylic acids is 1. The Balaban J connectivity index is 2.22. The summed E-state index contributed by atoms with van der Waals surface area (Å²) in [6.45, 7) is 8.55. The molecular formula is C20H21NO. The SMILES string of the molecule is Cc1ccc2c(C=O)c(-c3ccc(C(C)C)cc3)[nH]c2c1C. The van der Waals surface area contributed by atoms with Crippen LogP contribution >= 0.6 is 0 Å². The molecule has 0 bridgehead atoms. The van der Waals surface area contributed by atoms with Crippen molar-refractivity contribution in [2.24, 2.45) is 0 Å². The second-order valence-electron chi connectivity index (χ2n) is 6.24. The van der Waals surface area contributed by atoms with Gasteiger partial charge in [-0.2, -0.15) is 0 Å². The number of aromatic amines is 1. The van der Waals surface area contributed by atoms with E-state index < -0.39 is 0 Å². The molecule has 0 fully saturated rings. The van der Waals surface area contributed by atoms with Crippen LogP contribution in [0.25, 0.3) is 22.2 Å². The molecule has 0 spiro atoms. The third-order valence-corrected chi connectivity index (χ3v) is 4.53. The molecule has 0 amide bonds. The maximum atomic E-state index is 11.6. The Morgan fingerprint density at radius 3 is 2.27 bits per heavy atom. The predicted molar refractivity (Wildman–Crippen MR) is 92.7 cm³/mol. The molecule has 0 aliphatic carbocycles. The van der Waals surface area contributed by atoms with Crippen LogP contribution in [0.3, 0.4) is 0 Å². The second-order valence-corrected chi connectivity index (χ2v) is 6.24. The molecule has 3 aromatic rings. The van der Waals surface area contributed by atoms with Gasteiger partial charge in [-0.05, 0) is 42.0 Å². The number of nitrogens with one attached hydrogen (secondary N) is 1. The standard InChI is InChI=1S/C20H21NO/c1-12(2)15-6-8-16(9-7-15)20-18(11-22)17-10-5-13(3)14(4)19(17)21-20/h5-12,21H,1-4H3. The van der Waals surface area contributed by atoms with Crippen LogP contribution in [0.5, 0.6) is 0 Å². The van der Waals surface area contributed by atoms with Crippen molar-refractivity contribution < 1.29 is 4.79 Å². The Bertz CT molecular complexity index is 838. The molecule has 112 valence electrons. The van der Waals surface area contributed by atoms with Gasteiger partial charge in [0.2, 0.25) is 0 Å². The lowest BCUT2D eigenvalue weighted by Gasteiger charge is -2.06. The molecular weight excluding hydrogens is 270 g/mol. The van der Waals surface area contributed by atoms with Gasteiger partial charge in [0.1, 0.15) is 0 Å². The van der Waals surface area contributed by atoms with Crippen molar-refractivity contribution in [2.75, 3.05) is 0 Å². The van der Waals surface area contributed by atoms with E-state index in [1.807, 2.05) is 6.07 Å². The fourth-order valence-electron chi connectivity index (χ4n) is 2.91. The van der Waals surface area contributed by atoms with Crippen LogP contribution < -0.4 is 0 Å². The minimum absolute atomic E-state index is 0.507. The van der Waals surface area contributed by atoms with Gasteiger partial charge in [-0.1, -0.05) is 50.2 Å². The largest absolute Gasteiger partial charge is 0.354 e. The molecule has 0 atom stereocenters. The number of aryl methyl sites for hydroxylation is 2. The Morgan fingerprint density at radius 1 is 1.00 bits per heavy atom. The minimum Gasteiger partial charge on any atom is -0.354 e. The van der Waals surface area contributed by atoms with Crippen LogP contribution in [-0.2, 0) is 0 Å². The van der Waals surface area contributed by atoms with Gasteiger partial charge in [0.15, 0.2) is 6.29 Å². The van der Waals surface area contributed by atoms with Crippen molar-refractivity contribution in [1.29, 1.82) is 0 Å². The Kier molecular flexibility index (Phi) is 3.61. The monoisotopic (exact) mass is 291 g/mol. The Hall–Kier alpha value is -2.35. The van der Waals surface area contributed by atoms with Gasteiger partial charge >= 0.3 is 0 Å². The molecule has 0 aliphatic rings. The second kappa shape index (κ2) is 5.45. The number of benzene rings is 2. The third-order valence-electron chi connectivity index (χ3n) is 4.53. The fourth-order valence-corrected chi connectivity index (χ4v) is 2.91. The normalized spacial score (nSPS) is 11.3. The summed E-state index contributed by atoms with van der Waals surface area (Å²) in [6, 6.07) is 12.6. The van der Waals surface area contributed by atoms with Gasteiger partial charge in [-0.25, -0.2) is 0 Å². The van der Waals surface area contributed by atoms with Crippen LogP contribution in [0.1, 0.15) is 46.8 Å². The molecule has 0 aliphatic heterocycles. The van der Waals surface area contributed by atoms with Gasteiger partial charge in [0.25, 0.3) is 0 Å². The first-order valence-electron chi connectivity index (χ1n) is 7.70. The maximum absolute atomic E-state index is 11.6. The highest BCUT2D eigenvalue weighted by atomic mass is 16.1. The Labute approximate surface area is 131 Å². The van der Waals surface area contributed by atoms with E-state index in [4.69, 9.17) is 0 Å². The first kappa shape index (κ1) is 14.6. The number of aromatic nitrogens is 1. The first-order chi connectivity index (χ1) is 10.5. The molecule has 0 saturated heterocycles. The van der Waals surface area contributed by atoms with E-state index in [9.17, 15) is 4.79 Å². The summed E-state index contributed by atoms with van der Waals surface area (Å²) in [5.74, 6) is 0.507. The van der Waals surface area contributed by atoms with Crippen molar-refractivity contribution in [1.82, 2.24) is 4.98 Å². The summed E-state index contributed by atoms with van der Waals surface area (Å²) in [5, 5.41) is 1.00. The summed E-state index contributed by atoms with van der Waals surface area (Å²) in [4.78, 5) is 15.1. The van der Waals surface area contributed by atoms with Crippen LogP contribution in [0, 0.1) is 13.8 Å². The van der Waals surface area contributed by atoms with Crippen LogP contribution in [0.15, 0.2) is 36.4 Å². The number of aldehydes is 1. The predicted octanol–water partition coefficient (Wildman–Crippen LogP) is 5.39. The summed E-state index contributed by atoms with van der Waals surface area (Å²) in [6.07, 6.45) is 0.958. The highest BCUT2D eigenvalue weighted by Gasteiger charge is 2.14. The highest BCUT2D eigenvalue weighted by Crippen LogP contribution is 2.32. The summed E-state index contributed by atoms with van der Waals surface area (Å²) in [5.41, 5.74) is 7.51. The minimum atomic E-state index is 0.507. The third kappa shape index (κ3) is 2.25. The molecule has 1 aromatic heterocycles. The zero-order valence-corrected chi connectivity index (χ0v) is 13.5. The number of carbonyl (C=O) groups is 1. The van der Waals surface area contributed by atoms with E-state index in [1.54, 1.807) is 0 Å². The molecule has 2 aromatic carbocycles. The van der Waals surface area contributed by atoms with E-state index in [-0.39, 0.29) is 0 Å². The zero-order chi connectivity index (χ0) is 15.9. The molecule has 0 saturated carbocycles. The topological polar surface area (TPSA) is 32.9 Å². The van der Waals surface area contributed by atoms with E-state index in [0.29, 0.717) is 5.92 Å². The van der Waals surface area contributed by atoms with Gasteiger partial charge in [-0.3, -0.25) is 4.79 Å². The van der Waals surface area contributed by atoms with E-state index >= 15 is 0 Å². The maximum Gasteiger partial charge on any atom is 0.152 e. The average molecular weight is 291 g/mol. The van der Waals surface area contributed by atoms with E-state index in [0.717, 1.165) is 34.0 Å². The summed E-state index contributed by atoms with van der Waals surface area (Å²) < 4.78 is 0. The van der Waals surface area contributed by atoms with Crippen molar-refractivity contribution >= 4 is 17.2 Å². The number of rotatable bonds is 3. The van der Waals surface area contributed by atoms with Gasteiger partial charge in [0.05, 0.1) is 5.69 Å². The lowest BCUT2D eigenvalue weighted by molar-refractivity contribution is 0.112. The molecule has 2 nitrogen and oxygen atoms in total. The van der Waals surface area contributed by atoms with Crippen molar-refractivity contribution in [3.05, 3.63) is 58.7 Å². The molecule has 0 unspecified atom stereocenters. The number of fused-ring (bicyclic) bond motifs is 1. The molecule has 3 rings (SSSR count). The van der Waals surface area contributed by atoms with Gasteiger partial charge < -0.3 is 4.98 Å². The quantitative estimate of drug-likeness (QED) is 0.645. The molecule has 0 radical (unpaired) electrons. The summed E-state index contributed by atoms with van der Waals surface area (Å²) >= 11 is 0. The smallest absolute Gasteiger partial charge is 0.152 e. The number of H-pyrrole nitrogens is 1. The summed E-state index contributed by atoms with van der Waals surface area (Å²) in [7, 11) is 0. The first-order valence-corrected chi connectivity index (χ1v) is 7.70. The van der Waals surface area contributed by atoms with Crippen LogP contribution in [0.4, 0.5) is 0 Å². The average Bonchev–Trinajstić information content (AvgIpc) is 2.90. The van der Waals surface area contributed by atoms with Crippen molar-refractivity contribution in [2.45, 2.75) is 33.6 Å². The Morgan fingerprint density at radius 2 is 1.68 bits per heavy atom. The van der Waals surface area contributed by atoms with Crippen molar-refractivity contribution in [3.8, 4) is 11.3 Å². The molecule has 1 heterocycles. The van der Waals surface area contributed by atoms with E-state index in [1.165, 1.54) is 16.7 Å². The zero-order valence-electron chi connectivity index (χ0n) is 13.5. The lowest BCUT2D eigenvalue weighted by atomic mass is 9.99.